The second-order valence-electron chi connectivity index (χ2n) is 4.21. The Morgan fingerprint density at radius 1 is 1.08 bits per heavy atom. The Morgan fingerprint density at radius 2 is 1.42 bits per heavy atom. The molecule has 0 aromatic carbocycles. The second-order valence-corrected chi connectivity index (χ2v) is 5.16. The van der Waals surface area contributed by atoms with Crippen LogP contribution in [0.2, 0.25) is 0 Å². The maximum Gasteiger partial charge on any atom is 0.152 e. The molecule has 0 N–H and O–H groups in total. The number of halogens is 2. The first-order chi connectivity index (χ1) is 5.22. The summed E-state index contributed by atoms with van der Waals surface area (Å²) in [6, 6.07) is 0. The third kappa shape index (κ3) is 1.03. The zero-order chi connectivity index (χ0) is 9.73. The molecule has 0 spiro atoms. The fourth-order valence-corrected chi connectivity index (χ4v) is 3.14. The normalized spacial score (nSPS) is 25.2. The predicted molar refractivity (Wildman–Crippen MR) is 51.3 cm³/mol. The molecule has 68 valence electrons. The molecule has 1 rings (SSSR count). The topological polar surface area (TPSA) is 17.1 Å². The van der Waals surface area contributed by atoms with E-state index in [1.807, 2.05) is 27.7 Å². The number of Topliss-reactive ketones (excluding diaryl/α,β-unsaturated/α-hetero) is 1. The van der Waals surface area contributed by atoms with E-state index in [1.54, 1.807) is 0 Å². The molecule has 0 radical (unpaired) electrons. The summed E-state index contributed by atoms with van der Waals surface area (Å²) in [7, 11) is 0. The number of hydrogen-bond acceptors (Lipinski definition) is 1. The molecular formula is C9H12Cl2O. The van der Waals surface area contributed by atoms with Crippen LogP contribution in [0.25, 0.3) is 0 Å². The molecule has 0 aromatic heterocycles. The lowest BCUT2D eigenvalue weighted by atomic mass is 9.51. The summed E-state index contributed by atoms with van der Waals surface area (Å²) >= 11 is 11.4. The fraction of sp³-hybridized carbons (Fsp3) is 0.667. The predicted octanol–water partition coefficient (Wildman–Crippen LogP) is 3.31. The summed E-state index contributed by atoms with van der Waals surface area (Å²) in [6.07, 6.45) is 0. The zero-order valence-corrected chi connectivity index (χ0v) is 9.18. The van der Waals surface area contributed by atoms with Gasteiger partial charge in [0.15, 0.2) is 5.78 Å². The Balaban J connectivity index is 3.21. The average Bonchev–Trinajstić information content (AvgIpc) is 1.83. The Bertz CT molecular complexity index is 250. The molecule has 3 heteroatoms. The van der Waals surface area contributed by atoms with Crippen LogP contribution in [0.1, 0.15) is 27.7 Å². The van der Waals surface area contributed by atoms with E-state index in [0.717, 1.165) is 5.57 Å². The van der Waals surface area contributed by atoms with Crippen molar-refractivity contribution in [2.45, 2.75) is 27.7 Å². The maximum absolute atomic E-state index is 11.6. The van der Waals surface area contributed by atoms with Gasteiger partial charge in [-0.25, -0.2) is 0 Å². The number of rotatable bonds is 0. The van der Waals surface area contributed by atoms with Crippen LogP contribution in [0.3, 0.4) is 0 Å². The Hall–Kier alpha value is -0.0100. The smallest absolute Gasteiger partial charge is 0.152 e. The Kier molecular flexibility index (Phi) is 2.09. The fourth-order valence-electron chi connectivity index (χ4n) is 2.20. The van der Waals surface area contributed by atoms with Gasteiger partial charge in [0, 0.05) is 10.8 Å². The van der Waals surface area contributed by atoms with Crippen LogP contribution < -0.4 is 0 Å². The number of carbonyl (C=O) groups is 1. The monoisotopic (exact) mass is 206 g/mol. The van der Waals surface area contributed by atoms with Gasteiger partial charge in [-0.15, -0.1) is 0 Å². The van der Waals surface area contributed by atoms with Gasteiger partial charge in [-0.3, -0.25) is 4.79 Å². The van der Waals surface area contributed by atoms with Crippen LogP contribution in [0.5, 0.6) is 0 Å². The van der Waals surface area contributed by atoms with Gasteiger partial charge in [0.1, 0.15) is 4.49 Å². The minimum Gasteiger partial charge on any atom is -0.298 e. The maximum atomic E-state index is 11.6. The van der Waals surface area contributed by atoms with E-state index >= 15 is 0 Å². The SMILES string of the molecule is CC1(C)C(=O)C(C)(C)C1=C(Cl)Cl. The first kappa shape index (κ1) is 10.1. The van der Waals surface area contributed by atoms with E-state index in [-0.39, 0.29) is 10.3 Å². The molecule has 12 heavy (non-hydrogen) atoms. The molecule has 1 aliphatic rings. The molecule has 0 bridgehead atoms. The van der Waals surface area contributed by atoms with E-state index in [0.29, 0.717) is 0 Å². The third-order valence-corrected chi connectivity index (χ3v) is 2.95. The van der Waals surface area contributed by atoms with Gasteiger partial charge in [-0.1, -0.05) is 23.2 Å². The van der Waals surface area contributed by atoms with E-state index in [2.05, 4.69) is 0 Å². The van der Waals surface area contributed by atoms with Crippen molar-refractivity contribution < 1.29 is 4.79 Å². The van der Waals surface area contributed by atoms with E-state index < -0.39 is 10.8 Å². The highest BCUT2D eigenvalue weighted by Gasteiger charge is 2.58. The van der Waals surface area contributed by atoms with Gasteiger partial charge in [0.05, 0.1) is 0 Å². The molecule has 0 saturated heterocycles. The molecular weight excluding hydrogens is 195 g/mol. The van der Waals surface area contributed by atoms with Crippen molar-refractivity contribution in [1.29, 1.82) is 0 Å². The van der Waals surface area contributed by atoms with Crippen LogP contribution in [0.15, 0.2) is 10.1 Å². The molecule has 1 saturated carbocycles. The molecule has 0 aliphatic heterocycles. The van der Waals surface area contributed by atoms with Crippen molar-refractivity contribution in [3.05, 3.63) is 10.1 Å². The summed E-state index contributed by atoms with van der Waals surface area (Å²) in [6.45, 7) is 7.39. The standard InChI is InChI=1S/C9H12Cl2O/c1-8(2)5(6(10)11)9(3,4)7(8)12/h1-4H3. The molecule has 1 aliphatic carbocycles. The highest BCUT2D eigenvalue weighted by atomic mass is 35.5. The second kappa shape index (κ2) is 2.49. The summed E-state index contributed by atoms with van der Waals surface area (Å²) < 4.78 is 0.240. The molecule has 1 nitrogen and oxygen atoms in total. The number of hydrogen-bond donors (Lipinski definition) is 0. The van der Waals surface area contributed by atoms with Gasteiger partial charge in [-0.2, -0.15) is 0 Å². The van der Waals surface area contributed by atoms with E-state index in [4.69, 9.17) is 23.2 Å². The first-order valence-electron chi connectivity index (χ1n) is 3.83. The summed E-state index contributed by atoms with van der Waals surface area (Å²) in [5.41, 5.74) is -0.0895. The minimum atomic E-state index is -0.470. The summed E-state index contributed by atoms with van der Waals surface area (Å²) in [5.74, 6) is 0.198. The van der Waals surface area contributed by atoms with Crippen LogP contribution in [-0.2, 0) is 4.79 Å². The average molecular weight is 207 g/mol. The molecule has 1 fully saturated rings. The molecule has 0 aromatic rings. The number of allylic oxidation sites excluding steroid dienone is 1. The summed E-state index contributed by atoms with van der Waals surface area (Å²) in [4.78, 5) is 11.6. The van der Waals surface area contributed by atoms with Gasteiger partial charge in [0.25, 0.3) is 0 Å². The van der Waals surface area contributed by atoms with Crippen molar-refractivity contribution in [1.82, 2.24) is 0 Å². The van der Waals surface area contributed by atoms with E-state index in [1.165, 1.54) is 0 Å². The molecule has 0 heterocycles. The Morgan fingerprint density at radius 3 is 1.58 bits per heavy atom. The highest BCUT2D eigenvalue weighted by Crippen LogP contribution is 2.57. The van der Waals surface area contributed by atoms with Crippen molar-refractivity contribution in [2.75, 3.05) is 0 Å². The summed E-state index contributed by atoms with van der Waals surface area (Å²) in [5, 5.41) is 0. The van der Waals surface area contributed by atoms with Gasteiger partial charge >= 0.3 is 0 Å². The lowest BCUT2D eigenvalue weighted by Crippen LogP contribution is -2.54. The lowest BCUT2D eigenvalue weighted by molar-refractivity contribution is -0.141. The van der Waals surface area contributed by atoms with Crippen molar-refractivity contribution >= 4 is 29.0 Å². The highest BCUT2D eigenvalue weighted by molar-refractivity contribution is 6.56. The van der Waals surface area contributed by atoms with Crippen molar-refractivity contribution in [2.24, 2.45) is 10.8 Å². The number of ketones is 1. The van der Waals surface area contributed by atoms with Crippen molar-refractivity contribution in [3.63, 3.8) is 0 Å². The van der Waals surface area contributed by atoms with Gasteiger partial charge in [0.2, 0.25) is 0 Å². The first-order valence-corrected chi connectivity index (χ1v) is 4.59. The lowest BCUT2D eigenvalue weighted by Gasteiger charge is -2.50. The van der Waals surface area contributed by atoms with Crippen LogP contribution >= 0.6 is 23.2 Å². The van der Waals surface area contributed by atoms with E-state index in [9.17, 15) is 4.79 Å². The number of carbonyl (C=O) groups excluding carboxylic acids is 1. The van der Waals surface area contributed by atoms with Crippen LogP contribution in [0.4, 0.5) is 0 Å². The van der Waals surface area contributed by atoms with Crippen molar-refractivity contribution in [3.8, 4) is 0 Å². The van der Waals surface area contributed by atoms with Gasteiger partial charge in [-0.05, 0) is 33.3 Å². The molecule has 0 unspecified atom stereocenters. The Labute approximate surface area is 82.7 Å². The van der Waals surface area contributed by atoms with Crippen LogP contribution in [-0.4, -0.2) is 5.78 Å². The quantitative estimate of drug-likeness (QED) is 0.595. The zero-order valence-electron chi connectivity index (χ0n) is 7.66. The largest absolute Gasteiger partial charge is 0.298 e. The van der Waals surface area contributed by atoms with Gasteiger partial charge < -0.3 is 0 Å². The molecule has 0 amide bonds. The third-order valence-electron chi connectivity index (χ3n) is 2.57. The molecule has 0 atom stereocenters. The van der Waals surface area contributed by atoms with Crippen LogP contribution in [0, 0.1) is 10.8 Å². The minimum absolute atomic E-state index is 0.198.